The first-order chi connectivity index (χ1) is 21.2. The molecule has 0 aliphatic carbocycles. The van der Waals surface area contributed by atoms with Gasteiger partial charge in [0.15, 0.2) is 0 Å². The average molecular weight is 606 g/mol. The second kappa shape index (κ2) is 16.4. The minimum atomic E-state index is -0.742. The predicted octanol–water partition coefficient (Wildman–Crippen LogP) is 5.60. The molecule has 3 aromatic rings. The van der Waals surface area contributed by atoms with Gasteiger partial charge < -0.3 is 33.7 Å². The molecule has 0 radical (unpaired) electrons. The first-order valence-corrected chi connectivity index (χ1v) is 14.9. The molecule has 236 valence electrons. The van der Waals surface area contributed by atoms with Crippen molar-refractivity contribution in [1.29, 1.82) is 0 Å². The van der Waals surface area contributed by atoms with Crippen molar-refractivity contribution in [2.24, 2.45) is 0 Å². The third-order valence-electron chi connectivity index (χ3n) is 7.03. The van der Waals surface area contributed by atoms with E-state index in [-0.39, 0.29) is 32.8 Å². The number of hydrogen-bond donors (Lipinski definition) is 1. The van der Waals surface area contributed by atoms with Gasteiger partial charge in [-0.15, -0.1) is 0 Å². The van der Waals surface area contributed by atoms with E-state index in [9.17, 15) is 9.59 Å². The van der Waals surface area contributed by atoms with Crippen molar-refractivity contribution in [2.75, 3.05) is 13.7 Å². The number of benzene rings is 3. The van der Waals surface area contributed by atoms with E-state index < -0.39 is 48.2 Å². The Bertz CT molecular complexity index is 1280. The second-order valence-corrected chi connectivity index (χ2v) is 11.7. The van der Waals surface area contributed by atoms with Gasteiger partial charge in [0.25, 0.3) is 0 Å². The maximum Gasteiger partial charge on any atom is 0.407 e. The third-order valence-corrected chi connectivity index (χ3v) is 7.03. The number of carbonyl (C=O) groups excluding carboxylic acids is 2. The lowest BCUT2D eigenvalue weighted by atomic mass is 9.92. The van der Waals surface area contributed by atoms with Crippen molar-refractivity contribution in [3.63, 3.8) is 0 Å². The van der Waals surface area contributed by atoms with Gasteiger partial charge in [0.05, 0.1) is 39.5 Å². The molecule has 4 rings (SSSR count). The van der Waals surface area contributed by atoms with Crippen LogP contribution in [0.3, 0.4) is 0 Å². The molecular formula is C35H43NO8. The van der Waals surface area contributed by atoms with Crippen molar-refractivity contribution in [3.8, 4) is 0 Å². The number of rotatable bonds is 13. The number of esters is 1. The zero-order chi connectivity index (χ0) is 31.4. The highest BCUT2D eigenvalue weighted by atomic mass is 16.6. The summed E-state index contributed by atoms with van der Waals surface area (Å²) in [5.74, 6) is -0.451. The minimum absolute atomic E-state index is 0.0582. The fourth-order valence-electron chi connectivity index (χ4n) is 4.96. The number of carbonyl (C=O) groups is 2. The molecule has 5 atom stereocenters. The summed E-state index contributed by atoms with van der Waals surface area (Å²) in [7, 11) is 1.34. The van der Waals surface area contributed by atoms with Gasteiger partial charge >= 0.3 is 12.1 Å². The SMILES string of the molecule is COC(=O)C[C@@H]1O[C@H](CNC(=O)OC(C)(C)C)[C@@H](OCc2ccccc2)[C@H](OCc2ccccc2)[C@H]1OCc1ccccc1. The van der Waals surface area contributed by atoms with Gasteiger partial charge in [0.2, 0.25) is 0 Å². The number of nitrogens with one attached hydrogen (secondary N) is 1. The quantitative estimate of drug-likeness (QED) is 0.252. The molecule has 44 heavy (non-hydrogen) atoms. The van der Waals surface area contributed by atoms with E-state index in [2.05, 4.69) is 5.32 Å². The molecule has 1 saturated heterocycles. The molecule has 0 unspecified atom stereocenters. The van der Waals surface area contributed by atoms with Crippen molar-refractivity contribution < 1.29 is 38.0 Å². The Hall–Kier alpha value is -3.76. The molecule has 0 saturated carbocycles. The van der Waals surface area contributed by atoms with Gasteiger partial charge in [-0.2, -0.15) is 0 Å². The topological polar surface area (TPSA) is 102 Å². The lowest BCUT2D eigenvalue weighted by Crippen LogP contribution is -2.62. The smallest absolute Gasteiger partial charge is 0.407 e. The molecule has 3 aromatic carbocycles. The molecule has 1 heterocycles. The van der Waals surface area contributed by atoms with Crippen molar-refractivity contribution in [2.45, 2.75) is 83.1 Å². The van der Waals surface area contributed by atoms with E-state index in [0.29, 0.717) is 0 Å². The monoisotopic (exact) mass is 605 g/mol. The number of hydrogen-bond acceptors (Lipinski definition) is 8. The molecule has 1 N–H and O–H groups in total. The third kappa shape index (κ3) is 10.4. The summed E-state index contributed by atoms with van der Waals surface area (Å²) in [6.07, 6.45) is -4.14. The van der Waals surface area contributed by atoms with Gasteiger partial charge in [-0.1, -0.05) is 91.0 Å². The lowest BCUT2D eigenvalue weighted by Gasteiger charge is -2.46. The van der Waals surface area contributed by atoms with Gasteiger partial charge in [0, 0.05) is 6.54 Å². The average Bonchev–Trinajstić information content (AvgIpc) is 3.02. The Balaban J connectivity index is 1.66. The van der Waals surface area contributed by atoms with E-state index in [4.69, 9.17) is 28.4 Å². The summed E-state index contributed by atoms with van der Waals surface area (Å²) in [4.78, 5) is 25.2. The van der Waals surface area contributed by atoms with Crippen LogP contribution in [-0.4, -0.2) is 61.8 Å². The second-order valence-electron chi connectivity index (χ2n) is 11.7. The zero-order valence-electron chi connectivity index (χ0n) is 25.8. The zero-order valence-corrected chi connectivity index (χ0v) is 25.8. The molecular weight excluding hydrogens is 562 g/mol. The highest BCUT2D eigenvalue weighted by molar-refractivity contribution is 5.70. The van der Waals surface area contributed by atoms with Gasteiger partial charge in [0.1, 0.15) is 30.0 Å². The predicted molar refractivity (Wildman–Crippen MR) is 165 cm³/mol. The van der Waals surface area contributed by atoms with E-state index in [0.717, 1.165) is 16.7 Å². The van der Waals surface area contributed by atoms with Gasteiger partial charge in [-0.25, -0.2) is 4.79 Å². The Kier molecular flexibility index (Phi) is 12.3. The Morgan fingerprint density at radius 1 is 0.682 bits per heavy atom. The van der Waals surface area contributed by atoms with Crippen LogP contribution >= 0.6 is 0 Å². The molecule has 0 bridgehead atoms. The number of amides is 1. The summed E-state index contributed by atoms with van der Waals surface area (Å²) in [5, 5.41) is 2.81. The molecule has 0 spiro atoms. The number of methoxy groups -OCH3 is 1. The molecule has 1 aliphatic rings. The normalized spacial score (nSPS) is 21.8. The van der Waals surface area contributed by atoms with Crippen LogP contribution in [0.4, 0.5) is 4.79 Å². The Morgan fingerprint density at radius 2 is 1.11 bits per heavy atom. The summed E-state index contributed by atoms with van der Waals surface area (Å²) in [5.41, 5.74) is 2.22. The van der Waals surface area contributed by atoms with Crippen LogP contribution in [0.15, 0.2) is 91.0 Å². The minimum Gasteiger partial charge on any atom is -0.469 e. The fourth-order valence-corrected chi connectivity index (χ4v) is 4.96. The van der Waals surface area contributed by atoms with Crippen LogP contribution in [0.2, 0.25) is 0 Å². The summed E-state index contributed by atoms with van der Waals surface area (Å²) in [6.45, 7) is 6.26. The van der Waals surface area contributed by atoms with Crippen LogP contribution in [0, 0.1) is 0 Å². The fraction of sp³-hybridized carbons (Fsp3) is 0.429. The maximum absolute atomic E-state index is 12.6. The standard InChI is InChI=1S/C35H43NO8/c1-35(2,3)44-34(38)36-21-29-32(41-23-26-16-10-6-11-17-26)33(42-24-27-18-12-7-13-19-27)31(28(43-29)20-30(37)39-4)40-22-25-14-8-5-9-15-25/h5-19,28-29,31-33H,20-24H2,1-4H3,(H,36,38)/t28-,29+,31-,32+,33+/m0/s1. The van der Waals surface area contributed by atoms with Crippen LogP contribution in [0.1, 0.15) is 43.9 Å². The summed E-state index contributed by atoms with van der Waals surface area (Å²) >= 11 is 0. The number of alkyl carbamates (subject to hydrolysis) is 1. The largest absolute Gasteiger partial charge is 0.469 e. The van der Waals surface area contributed by atoms with E-state index in [1.165, 1.54) is 7.11 Å². The van der Waals surface area contributed by atoms with Crippen molar-refractivity contribution in [1.82, 2.24) is 5.32 Å². The van der Waals surface area contributed by atoms with E-state index in [1.807, 2.05) is 91.0 Å². The molecule has 1 fully saturated rings. The molecule has 1 aliphatic heterocycles. The van der Waals surface area contributed by atoms with Crippen LogP contribution in [0.5, 0.6) is 0 Å². The van der Waals surface area contributed by atoms with Crippen molar-refractivity contribution in [3.05, 3.63) is 108 Å². The van der Waals surface area contributed by atoms with E-state index >= 15 is 0 Å². The van der Waals surface area contributed by atoms with Crippen LogP contribution < -0.4 is 5.32 Å². The summed E-state index contributed by atoms with van der Waals surface area (Å²) in [6, 6.07) is 29.3. The highest BCUT2D eigenvalue weighted by Crippen LogP contribution is 2.32. The summed E-state index contributed by atoms with van der Waals surface area (Å²) < 4.78 is 36.7. The Morgan fingerprint density at radius 3 is 1.55 bits per heavy atom. The molecule has 9 heteroatoms. The lowest BCUT2D eigenvalue weighted by molar-refractivity contribution is -0.264. The van der Waals surface area contributed by atoms with Crippen LogP contribution in [0.25, 0.3) is 0 Å². The highest BCUT2D eigenvalue weighted by Gasteiger charge is 2.49. The first-order valence-electron chi connectivity index (χ1n) is 14.9. The van der Waals surface area contributed by atoms with Crippen LogP contribution in [-0.2, 0) is 53.0 Å². The number of ether oxygens (including phenoxy) is 6. The molecule has 9 nitrogen and oxygen atoms in total. The van der Waals surface area contributed by atoms with Gasteiger partial charge in [-0.05, 0) is 37.5 Å². The Labute approximate surface area is 259 Å². The first kappa shape index (κ1) is 33.1. The van der Waals surface area contributed by atoms with E-state index in [1.54, 1.807) is 20.8 Å². The maximum atomic E-state index is 12.6. The molecule has 0 aromatic heterocycles. The molecule has 1 amide bonds. The van der Waals surface area contributed by atoms with Gasteiger partial charge in [-0.3, -0.25) is 4.79 Å². The van der Waals surface area contributed by atoms with Crippen molar-refractivity contribution >= 4 is 12.1 Å².